The van der Waals surface area contributed by atoms with Crippen LogP contribution in [0.1, 0.15) is 25.0 Å². The van der Waals surface area contributed by atoms with E-state index < -0.39 is 0 Å². The van der Waals surface area contributed by atoms with Crippen molar-refractivity contribution in [2.75, 3.05) is 0 Å². The molecule has 19 heavy (non-hydrogen) atoms. The van der Waals surface area contributed by atoms with Gasteiger partial charge < -0.3 is 10.1 Å². The molecular formula is C16H20N2O. The van der Waals surface area contributed by atoms with Crippen molar-refractivity contribution in [2.24, 2.45) is 0 Å². The summed E-state index contributed by atoms with van der Waals surface area (Å²) >= 11 is 0. The summed E-state index contributed by atoms with van der Waals surface area (Å²) in [6.45, 7) is 7.09. The SMILES string of the molecule is Cc1ccccc1Oc1cncc(CNC(C)C)c1. The molecule has 2 rings (SSSR count). The third-order valence-electron chi connectivity index (χ3n) is 2.81. The van der Waals surface area contributed by atoms with Crippen LogP contribution in [0.4, 0.5) is 0 Å². The van der Waals surface area contributed by atoms with E-state index in [1.54, 1.807) is 6.20 Å². The number of benzene rings is 1. The Morgan fingerprint density at radius 2 is 2.00 bits per heavy atom. The monoisotopic (exact) mass is 256 g/mol. The van der Waals surface area contributed by atoms with Gasteiger partial charge in [-0.3, -0.25) is 4.98 Å². The van der Waals surface area contributed by atoms with Crippen LogP contribution in [0.3, 0.4) is 0 Å². The Labute approximate surface area is 114 Å². The van der Waals surface area contributed by atoms with E-state index in [2.05, 4.69) is 24.1 Å². The molecule has 100 valence electrons. The summed E-state index contributed by atoms with van der Waals surface area (Å²) in [5, 5.41) is 3.37. The summed E-state index contributed by atoms with van der Waals surface area (Å²) in [4.78, 5) is 4.22. The smallest absolute Gasteiger partial charge is 0.146 e. The maximum absolute atomic E-state index is 5.87. The molecule has 0 aliphatic carbocycles. The minimum atomic E-state index is 0.459. The molecule has 0 spiro atoms. The van der Waals surface area contributed by atoms with Crippen LogP contribution in [0.25, 0.3) is 0 Å². The maximum atomic E-state index is 5.87. The summed E-state index contributed by atoms with van der Waals surface area (Å²) in [5.41, 5.74) is 2.24. The highest BCUT2D eigenvalue weighted by molar-refractivity contribution is 5.36. The van der Waals surface area contributed by atoms with Crippen molar-refractivity contribution in [1.82, 2.24) is 10.3 Å². The number of aryl methyl sites for hydroxylation is 1. The van der Waals surface area contributed by atoms with E-state index in [1.807, 2.05) is 43.5 Å². The predicted octanol–water partition coefficient (Wildman–Crippen LogP) is 3.68. The highest BCUT2D eigenvalue weighted by atomic mass is 16.5. The molecule has 0 amide bonds. The molecule has 1 aromatic heterocycles. The molecule has 0 unspecified atom stereocenters. The summed E-state index contributed by atoms with van der Waals surface area (Å²) < 4.78 is 5.87. The number of hydrogen-bond donors (Lipinski definition) is 1. The second-order valence-electron chi connectivity index (χ2n) is 4.93. The summed E-state index contributed by atoms with van der Waals surface area (Å²) in [6, 6.07) is 10.5. The van der Waals surface area contributed by atoms with E-state index in [1.165, 1.54) is 0 Å². The molecule has 1 N–H and O–H groups in total. The van der Waals surface area contributed by atoms with Crippen LogP contribution < -0.4 is 10.1 Å². The second kappa shape index (κ2) is 6.34. The van der Waals surface area contributed by atoms with Gasteiger partial charge in [-0.25, -0.2) is 0 Å². The van der Waals surface area contributed by atoms with Crippen LogP contribution in [-0.2, 0) is 6.54 Å². The Kier molecular flexibility index (Phi) is 4.53. The number of nitrogens with one attached hydrogen (secondary N) is 1. The van der Waals surface area contributed by atoms with Gasteiger partial charge in [-0.1, -0.05) is 32.0 Å². The zero-order valence-corrected chi connectivity index (χ0v) is 11.7. The predicted molar refractivity (Wildman–Crippen MR) is 77.5 cm³/mol. The van der Waals surface area contributed by atoms with Gasteiger partial charge in [-0.05, 0) is 30.2 Å². The summed E-state index contributed by atoms with van der Waals surface area (Å²) in [7, 11) is 0. The fraction of sp³-hybridized carbons (Fsp3) is 0.312. The van der Waals surface area contributed by atoms with Gasteiger partial charge in [0, 0.05) is 18.8 Å². The lowest BCUT2D eigenvalue weighted by atomic mass is 10.2. The Hall–Kier alpha value is -1.87. The first-order valence-corrected chi connectivity index (χ1v) is 6.56. The molecule has 1 aromatic carbocycles. The molecule has 0 radical (unpaired) electrons. The standard InChI is InChI=1S/C16H20N2O/c1-12(2)18-10-14-8-15(11-17-9-14)19-16-7-5-4-6-13(16)3/h4-9,11-12,18H,10H2,1-3H3. The van der Waals surface area contributed by atoms with E-state index >= 15 is 0 Å². The highest BCUT2D eigenvalue weighted by Crippen LogP contribution is 2.24. The van der Waals surface area contributed by atoms with Gasteiger partial charge in [0.05, 0.1) is 6.20 Å². The summed E-state index contributed by atoms with van der Waals surface area (Å²) in [5.74, 6) is 1.65. The zero-order valence-electron chi connectivity index (χ0n) is 11.7. The van der Waals surface area contributed by atoms with Crippen molar-refractivity contribution >= 4 is 0 Å². The van der Waals surface area contributed by atoms with Gasteiger partial charge in [-0.2, -0.15) is 0 Å². The zero-order chi connectivity index (χ0) is 13.7. The lowest BCUT2D eigenvalue weighted by Crippen LogP contribution is -2.21. The molecule has 0 fully saturated rings. The molecule has 0 aliphatic rings. The first-order valence-electron chi connectivity index (χ1n) is 6.56. The molecule has 0 bridgehead atoms. The molecule has 0 aliphatic heterocycles. The largest absolute Gasteiger partial charge is 0.455 e. The molecule has 2 aromatic rings. The number of para-hydroxylation sites is 1. The Morgan fingerprint density at radius 1 is 1.21 bits per heavy atom. The van der Waals surface area contributed by atoms with Gasteiger partial charge in [-0.15, -0.1) is 0 Å². The summed E-state index contributed by atoms with van der Waals surface area (Å²) in [6.07, 6.45) is 3.60. The molecule has 0 saturated carbocycles. The third kappa shape index (κ3) is 4.07. The van der Waals surface area contributed by atoms with Crippen molar-refractivity contribution in [3.05, 3.63) is 53.9 Å². The van der Waals surface area contributed by atoms with E-state index in [4.69, 9.17) is 4.74 Å². The number of nitrogens with zero attached hydrogens (tertiary/aromatic N) is 1. The number of hydrogen-bond acceptors (Lipinski definition) is 3. The van der Waals surface area contributed by atoms with Gasteiger partial charge in [0.25, 0.3) is 0 Å². The van der Waals surface area contributed by atoms with E-state index in [0.29, 0.717) is 6.04 Å². The Bertz CT molecular complexity index is 538. The number of aromatic nitrogens is 1. The fourth-order valence-corrected chi connectivity index (χ4v) is 1.74. The average molecular weight is 256 g/mol. The molecule has 3 heteroatoms. The molecule has 0 saturated heterocycles. The molecule has 1 heterocycles. The Balaban J connectivity index is 2.09. The lowest BCUT2D eigenvalue weighted by molar-refractivity contribution is 0.474. The number of ether oxygens (including phenoxy) is 1. The van der Waals surface area contributed by atoms with Crippen molar-refractivity contribution in [1.29, 1.82) is 0 Å². The number of rotatable bonds is 5. The Morgan fingerprint density at radius 3 is 2.74 bits per heavy atom. The molecule has 0 atom stereocenters. The van der Waals surface area contributed by atoms with Crippen molar-refractivity contribution in [3.63, 3.8) is 0 Å². The van der Waals surface area contributed by atoms with E-state index in [0.717, 1.165) is 29.2 Å². The van der Waals surface area contributed by atoms with Crippen molar-refractivity contribution in [3.8, 4) is 11.5 Å². The van der Waals surface area contributed by atoms with Crippen molar-refractivity contribution < 1.29 is 4.74 Å². The minimum absolute atomic E-state index is 0.459. The topological polar surface area (TPSA) is 34.1 Å². The fourth-order valence-electron chi connectivity index (χ4n) is 1.74. The lowest BCUT2D eigenvalue weighted by Gasteiger charge is -2.11. The average Bonchev–Trinajstić information content (AvgIpc) is 2.40. The molecule has 3 nitrogen and oxygen atoms in total. The first kappa shape index (κ1) is 13.6. The van der Waals surface area contributed by atoms with Gasteiger partial charge >= 0.3 is 0 Å². The maximum Gasteiger partial charge on any atom is 0.146 e. The van der Waals surface area contributed by atoms with E-state index in [-0.39, 0.29) is 0 Å². The third-order valence-corrected chi connectivity index (χ3v) is 2.81. The molecular weight excluding hydrogens is 236 g/mol. The minimum Gasteiger partial charge on any atom is -0.455 e. The second-order valence-corrected chi connectivity index (χ2v) is 4.93. The normalized spacial score (nSPS) is 10.7. The van der Waals surface area contributed by atoms with Gasteiger partial charge in [0.2, 0.25) is 0 Å². The van der Waals surface area contributed by atoms with Crippen LogP contribution >= 0.6 is 0 Å². The van der Waals surface area contributed by atoms with Gasteiger partial charge in [0.1, 0.15) is 11.5 Å². The van der Waals surface area contributed by atoms with Crippen LogP contribution in [-0.4, -0.2) is 11.0 Å². The van der Waals surface area contributed by atoms with Crippen LogP contribution in [0.2, 0.25) is 0 Å². The van der Waals surface area contributed by atoms with Gasteiger partial charge in [0.15, 0.2) is 0 Å². The van der Waals surface area contributed by atoms with E-state index in [9.17, 15) is 0 Å². The van der Waals surface area contributed by atoms with Crippen LogP contribution in [0.5, 0.6) is 11.5 Å². The quantitative estimate of drug-likeness (QED) is 0.886. The van der Waals surface area contributed by atoms with Crippen LogP contribution in [0, 0.1) is 6.92 Å². The first-order chi connectivity index (χ1) is 9.15. The number of pyridine rings is 1. The van der Waals surface area contributed by atoms with Crippen LogP contribution in [0.15, 0.2) is 42.7 Å². The highest BCUT2D eigenvalue weighted by Gasteiger charge is 2.02. The van der Waals surface area contributed by atoms with Crippen molar-refractivity contribution in [2.45, 2.75) is 33.4 Å².